The van der Waals surface area contributed by atoms with Gasteiger partial charge in [-0.05, 0) is 42.5 Å². The summed E-state index contributed by atoms with van der Waals surface area (Å²) < 4.78 is 27.6. The van der Waals surface area contributed by atoms with Crippen LogP contribution >= 0.6 is 11.6 Å². The van der Waals surface area contributed by atoms with Crippen LogP contribution in [-0.4, -0.2) is 19.2 Å². The molecular formula is C19H14ClN3O5S. The standard InChI is InChI=1S/C19H14ClN3O5S/c20-14-9-10-17(18(12-14)23(25)26)21-19(24)13-5-4-8-16(11-13)29(27,28)22-15-6-2-1-3-7-15/h1-12,22H,(H,21,24). The number of hydrogen-bond donors (Lipinski definition) is 2. The van der Waals surface area contributed by atoms with Gasteiger partial charge < -0.3 is 5.32 Å². The molecule has 10 heteroatoms. The number of sulfonamides is 1. The van der Waals surface area contributed by atoms with Crippen molar-refractivity contribution in [2.24, 2.45) is 0 Å². The monoisotopic (exact) mass is 431 g/mol. The number of carbonyl (C=O) groups is 1. The van der Waals surface area contributed by atoms with Crippen LogP contribution in [0, 0.1) is 10.1 Å². The Bertz CT molecular complexity index is 1180. The van der Waals surface area contributed by atoms with E-state index in [0.717, 1.165) is 6.07 Å². The van der Waals surface area contributed by atoms with Crippen molar-refractivity contribution in [1.29, 1.82) is 0 Å². The molecule has 0 unspecified atom stereocenters. The molecule has 1 amide bonds. The van der Waals surface area contributed by atoms with Crippen LogP contribution in [0.2, 0.25) is 5.02 Å². The van der Waals surface area contributed by atoms with E-state index < -0.39 is 20.9 Å². The third kappa shape index (κ3) is 4.89. The third-order valence-corrected chi connectivity index (χ3v) is 5.45. The maximum absolute atomic E-state index is 12.6. The lowest BCUT2D eigenvalue weighted by Gasteiger charge is -2.10. The van der Waals surface area contributed by atoms with Gasteiger partial charge in [-0.1, -0.05) is 35.9 Å². The highest BCUT2D eigenvalue weighted by Gasteiger charge is 2.20. The number of carbonyl (C=O) groups excluding carboxylic acids is 1. The largest absolute Gasteiger partial charge is 0.316 e. The first kappa shape index (κ1) is 20.3. The smallest absolute Gasteiger partial charge is 0.294 e. The number of nitrogens with one attached hydrogen (secondary N) is 2. The fourth-order valence-electron chi connectivity index (χ4n) is 2.48. The summed E-state index contributed by atoms with van der Waals surface area (Å²) in [5, 5.41) is 13.7. The van der Waals surface area contributed by atoms with Crippen molar-refractivity contribution in [2.45, 2.75) is 4.90 Å². The van der Waals surface area contributed by atoms with E-state index in [2.05, 4.69) is 10.0 Å². The summed E-state index contributed by atoms with van der Waals surface area (Å²) >= 11 is 5.76. The number of amides is 1. The zero-order chi connectivity index (χ0) is 21.0. The van der Waals surface area contributed by atoms with Gasteiger partial charge in [-0.3, -0.25) is 19.6 Å². The summed E-state index contributed by atoms with van der Waals surface area (Å²) in [5.41, 5.74) is -0.0373. The minimum atomic E-state index is -3.93. The summed E-state index contributed by atoms with van der Waals surface area (Å²) in [6, 6.07) is 17.4. The molecule has 0 saturated heterocycles. The molecule has 3 rings (SSSR count). The van der Waals surface area contributed by atoms with Crippen LogP contribution in [0.5, 0.6) is 0 Å². The van der Waals surface area contributed by atoms with Gasteiger partial charge >= 0.3 is 0 Å². The Morgan fingerprint density at radius 1 is 0.966 bits per heavy atom. The van der Waals surface area contributed by atoms with Gasteiger partial charge in [0.15, 0.2) is 0 Å². The van der Waals surface area contributed by atoms with E-state index in [1.54, 1.807) is 30.3 Å². The van der Waals surface area contributed by atoms with Crippen LogP contribution in [0.1, 0.15) is 10.4 Å². The molecule has 29 heavy (non-hydrogen) atoms. The molecule has 0 aliphatic carbocycles. The van der Waals surface area contributed by atoms with Crippen molar-refractivity contribution in [3.63, 3.8) is 0 Å². The van der Waals surface area contributed by atoms with Gasteiger partial charge in [0.2, 0.25) is 0 Å². The Labute approximate surface area is 171 Å². The number of hydrogen-bond acceptors (Lipinski definition) is 5. The first-order valence-electron chi connectivity index (χ1n) is 8.19. The topological polar surface area (TPSA) is 118 Å². The van der Waals surface area contributed by atoms with Crippen LogP contribution < -0.4 is 10.0 Å². The van der Waals surface area contributed by atoms with Gasteiger partial charge in [0.1, 0.15) is 5.69 Å². The van der Waals surface area contributed by atoms with E-state index in [-0.39, 0.29) is 26.9 Å². The van der Waals surface area contributed by atoms with Crippen LogP contribution in [0.25, 0.3) is 0 Å². The van der Waals surface area contributed by atoms with Gasteiger partial charge in [-0.25, -0.2) is 8.42 Å². The fraction of sp³-hybridized carbons (Fsp3) is 0. The van der Waals surface area contributed by atoms with E-state index >= 15 is 0 Å². The molecule has 0 spiro atoms. The Morgan fingerprint density at radius 2 is 1.69 bits per heavy atom. The highest BCUT2D eigenvalue weighted by Crippen LogP contribution is 2.28. The molecule has 0 saturated carbocycles. The first-order chi connectivity index (χ1) is 13.8. The Morgan fingerprint density at radius 3 is 2.38 bits per heavy atom. The van der Waals surface area contributed by atoms with Crippen molar-refractivity contribution < 1.29 is 18.1 Å². The molecule has 8 nitrogen and oxygen atoms in total. The van der Waals surface area contributed by atoms with Gasteiger partial charge in [0.25, 0.3) is 21.6 Å². The second-order valence-corrected chi connectivity index (χ2v) is 7.99. The van der Waals surface area contributed by atoms with E-state index in [0.29, 0.717) is 5.69 Å². The third-order valence-electron chi connectivity index (χ3n) is 3.84. The number of para-hydroxylation sites is 1. The van der Waals surface area contributed by atoms with E-state index in [4.69, 9.17) is 11.6 Å². The van der Waals surface area contributed by atoms with Crippen molar-refractivity contribution >= 4 is 44.6 Å². The molecule has 3 aromatic rings. The average molecular weight is 432 g/mol. The maximum Gasteiger partial charge on any atom is 0.294 e. The predicted molar refractivity (Wildman–Crippen MR) is 110 cm³/mol. The highest BCUT2D eigenvalue weighted by atomic mass is 35.5. The molecule has 0 bridgehead atoms. The van der Waals surface area contributed by atoms with Crippen molar-refractivity contribution in [1.82, 2.24) is 0 Å². The number of halogens is 1. The lowest BCUT2D eigenvalue weighted by Crippen LogP contribution is -2.16. The number of nitrogens with zero attached hydrogens (tertiary/aromatic N) is 1. The summed E-state index contributed by atoms with van der Waals surface area (Å²) in [7, 11) is -3.93. The number of anilines is 2. The van der Waals surface area contributed by atoms with Crippen molar-refractivity contribution in [3.8, 4) is 0 Å². The fourth-order valence-corrected chi connectivity index (χ4v) is 3.75. The summed E-state index contributed by atoms with van der Waals surface area (Å²) in [5.74, 6) is -0.702. The predicted octanol–water partition coefficient (Wildman–Crippen LogP) is 4.30. The normalized spacial score (nSPS) is 10.9. The number of nitro benzene ring substituents is 1. The van der Waals surface area contributed by atoms with Gasteiger partial charge in [-0.15, -0.1) is 0 Å². The Hall–Kier alpha value is -3.43. The lowest BCUT2D eigenvalue weighted by molar-refractivity contribution is -0.383. The number of rotatable bonds is 6. The number of benzene rings is 3. The molecule has 0 radical (unpaired) electrons. The highest BCUT2D eigenvalue weighted by molar-refractivity contribution is 7.92. The van der Waals surface area contributed by atoms with Crippen LogP contribution in [-0.2, 0) is 10.0 Å². The molecular weight excluding hydrogens is 418 g/mol. The molecule has 0 aromatic heterocycles. The Kier molecular flexibility index (Phi) is 5.81. The second-order valence-electron chi connectivity index (χ2n) is 5.87. The van der Waals surface area contributed by atoms with Gasteiger partial charge in [0.05, 0.1) is 9.82 Å². The summed E-state index contributed by atoms with van der Waals surface area (Å²) in [6.45, 7) is 0. The maximum atomic E-state index is 12.6. The molecule has 0 atom stereocenters. The SMILES string of the molecule is O=C(Nc1ccc(Cl)cc1[N+](=O)[O-])c1cccc(S(=O)(=O)Nc2ccccc2)c1. The minimum Gasteiger partial charge on any atom is -0.316 e. The average Bonchev–Trinajstić information content (AvgIpc) is 2.69. The van der Waals surface area contributed by atoms with Crippen LogP contribution in [0.4, 0.5) is 17.1 Å². The quantitative estimate of drug-likeness (QED) is 0.445. The van der Waals surface area contributed by atoms with Crippen LogP contribution in [0.15, 0.2) is 77.7 Å². The molecule has 2 N–H and O–H groups in total. The zero-order valence-electron chi connectivity index (χ0n) is 14.7. The van der Waals surface area contributed by atoms with Gasteiger partial charge in [0, 0.05) is 22.3 Å². The Balaban J connectivity index is 1.86. The van der Waals surface area contributed by atoms with Crippen molar-refractivity contribution in [2.75, 3.05) is 10.0 Å². The summed E-state index contributed by atoms with van der Waals surface area (Å²) in [4.78, 5) is 22.9. The molecule has 0 heterocycles. The summed E-state index contributed by atoms with van der Waals surface area (Å²) in [6.07, 6.45) is 0. The molecule has 148 valence electrons. The van der Waals surface area contributed by atoms with Gasteiger partial charge in [-0.2, -0.15) is 0 Å². The first-order valence-corrected chi connectivity index (χ1v) is 10.1. The van der Waals surface area contributed by atoms with E-state index in [1.165, 1.54) is 36.4 Å². The number of nitro groups is 1. The van der Waals surface area contributed by atoms with Crippen molar-refractivity contribution in [3.05, 3.63) is 93.5 Å². The lowest BCUT2D eigenvalue weighted by atomic mass is 10.2. The minimum absolute atomic E-state index is 0.0187. The molecule has 0 fully saturated rings. The van der Waals surface area contributed by atoms with E-state index in [1.807, 2.05) is 0 Å². The molecule has 3 aromatic carbocycles. The zero-order valence-corrected chi connectivity index (χ0v) is 16.3. The molecule has 0 aliphatic heterocycles. The van der Waals surface area contributed by atoms with Crippen LogP contribution in [0.3, 0.4) is 0 Å². The molecule has 0 aliphatic rings. The van der Waals surface area contributed by atoms with E-state index in [9.17, 15) is 23.3 Å². The second kappa shape index (κ2) is 8.29.